The Bertz CT molecular complexity index is 957. The van der Waals surface area contributed by atoms with Crippen LogP contribution < -0.4 is 9.80 Å². The monoisotopic (exact) mass is 498 g/mol. The van der Waals surface area contributed by atoms with Gasteiger partial charge in [0.15, 0.2) is 5.82 Å². The molecule has 28 heavy (non-hydrogen) atoms. The van der Waals surface area contributed by atoms with E-state index in [1.807, 2.05) is 43.3 Å². The lowest BCUT2D eigenvalue weighted by molar-refractivity contribution is -0.137. The number of rotatable bonds is 4. The van der Waals surface area contributed by atoms with Crippen LogP contribution in [0.1, 0.15) is 11.1 Å². The van der Waals surface area contributed by atoms with Gasteiger partial charge in [-0.25, -0.2) is 4.98 Å². The molecule has 4 nitrogen and oxygen atoms in total. The number of hydrogen-bond acceptors (Lipinski definition) is 4. The molecule has 0 aliphatic rings. The Hall–Kier alpha value is -2.36. The summed E-state index contributed by atoms with van der Waals surface area (Å²) in [5.41, 5.74) is 1.53. The van der Waals surface area contributed by atoms with E-state index < -0.39 is 11.7 Å². The van der Waals surface area contributed by atoms with Gasteiger partial charge in [0, 0.05) is 35.2 Å². The standard InChI is InChI=1S/C20H18F3IN4/c1-13-4-8-15(9-5-13)27(2)18-17(20(21,22)23)12-25-19(26-18)28(3)16-10-6-14(24)7-11-16/h4-12H,1-3H3. The summed E-state index contributed by atoms with van der Waals surface area (Å²) in [5, 5.41) is 0. The molecule has 0 amide bonds. The van der Waals surface area contributed by atoms with Gasteiger partial charge in [-0.1, -0.05) is 17.7 Å². The molecular weight excluding hydrogens is 480 g/mol. The van der Waals surface area contributed by atoms with Gasteiger partial charge in [0.1, 0.15) is 5.56 Å². The fraction of sp³-hybridized carbons (Fsp3) is 0.200. The first kappa shape index (κ1) is 20.4. The number of nitrogens with zero attached hydrogens (tertiary/aromatic N) is 4. The van der Waals surface area contributed by atoms with Gasteiger partial charge >= 0.3 is 6.18 Å². The Morgan fingerprint density at radius 2 is 1.39 bits per heavy atom. The second-order valence-electron chi connectivity index (χ2n) is 6.34. The van der Waals surface area contributed by atoms with Crippen molar-refractivity contribution < 1.29 is 13.2 Å². The van der Waals surface area contributed by atoms with E-state index in [0.29, 0.717) is 5.69 Å². The van der Waals surface area contributed by atoms with Crippen LogP contribution in [0.4, 0.5) is 36.3 Å². The van der Waals surface area contributed by atoms with E-state index in [4.69, 9.17) is 0 Å². The van der Waals surface area contributed by atoms with E-state index in [-0.39, 0.29) is 11.8 Å². The Kier molecular flexibility index (Phi) is 5.78. The predicted molar refractivity (Wildman–Crippen MR) is 113 cm³/mol. The van der Waals surface area contributed by atoms with E-state index >= 15 is 0 Å². The quantitative estimate of drug-likeness (QED) is 0.417. The molecule has 0 bridgehead atoms. The number of aromatic nitrogens is 2. The largest absolute Gasteiger partial charge is 0.421 e. The molecule has 0 aliphatic carbocycles. The molecule has 1 heterocycles. The summed E-state index contributed by atoms with van der Waals surface area (Å²) in [6.07, 6.45) is -3.72. The number of hydrogen-bond donors (Lipinski definition) is 0. The van der Waals surface area contributed by atoms with Gasteiger partial charge in [0.05, 0.1) is 0 Å². The fourth-order valence-corrected chi connectivity index (χ4v) is 3.01. The first-order chi connectivity index (χ1) is 13.2. The Balaban J connectivity index is 2.06. The molecule has 0 spiro atoms. The Morgan fingerprint density at radius 1 is 0.857 bits per heavy atom. The molecule has 3 aromatic rings. The zero-order valence-electron chi connectivity index (χ0n) is 15.5. The van der Waals surface area contributed by atoms with Crippen LogP contribution in [0, 0.1) is 10.5 Å². The lowest BCUT2D eigenvalue weighted by Gasteiger charge is -2.25. The van der Waals surface area contributed by atoms with E-state index in [0.717, 1.165) is 21.0 Å². The molecule has 0 unspecified atom stereocenters. The van der Waals surface area contributed by atoms with Gasteiger partial charge in [-0.2, -0.15) is 18.2 Å². The minimum atomic E-state index is -4.56. The molecule has 0 N–H and O–H groups in total. The van der Waals surface area contributed by atoms with Crippen molar-refractivity contribution in [1.29, 1.82) is 0 Å². The Morgan fingerprint density at radius 3 is 1.96 bits per heavy atom. The molecule has 0 radical (unpaired) electrons. The van der Waals surface area contributed by atoms with Crippen molar-refractivity contribution >= 4 is 45.7 Å². The molecule has 2 aromatic carbocycles. The highest BCUT2D eigenvalue weighted by atomic mass is 127. The van der Waals surface area contributed by atoms with Gasteiger partial charge in [-0.15, -0.1) is 0 Å². The molecule has 146 valence electrons. The molecule has 3 rings (SSSR count). The van der Waals surface area contributed by atoms with Crippen molar-refractivity contribution in [1.82, 2.24) is 9.97 Å². The van der Waals surface area contributed by atoms with Crippen LogP contribution in [0.25, 0.3) is 0 Å². The molecule has 0 fully saturated rings. The van der Waals surface area contributed by atoms with Crippen molar-refractivity contribution in [3.05, 3.63) is 69.4 Å². The molecule has 0 saturated heterocycles. The highest BCUT2D eigenvalue weighted by Gasteiger charge is 2.37. The summed E-state index contributed by atoms with van der Waals surface area (Å²) in [6.45, 7) is 1.92. The normalized spacial score (nSPS) is 11.4. The molecule has 8 heteroatoms. The smallest absolute Gasteiger partial charge is 0.329 e. The maximum absolute atomic E-state index is 13.6. The maximum atomic E-state index is 13.6. The van der Waals surface area contributed by atoms with E-state index in [2.05, 4.69) is 32.6 Å². The van der Waals surface area contributed by atoms with Crippen LogP contribution in [0.3, 0.4) is 0 Å². The van der Waals surface area contributed by atoms with Gasteiger partial charge in [0.25, 0.3) is 0 Å². The number of alkyl halides is 3. The SMILES string of the molecule is Cc1ccc(N(C)c2nc(N(C)c3ccc(I)cc3)ncc2C(F)(F)F)cc1. The summed E-state index contributed by atoms with van der Waals surface area (Å²) in [6, 6.07) is 14.8. The first-order valence-electron chi connectivity index (χ1n) is 8.41. The number of anilines is 4. The van der Waals surface area contributed by atoms with Crippen molar-refractivity contribution in [3.63, 3.8) is 0 Å². The zero-order chi connectivity index (χ0) is 20.5. The van der Waals surface area contributed by atoms with Crippen molar-refractivity contribution in [2.45, 2.75) is 13.1 Å². The highest BCUT2D eigenvalue weighted by molar-refractivity contribution is 14.1. The van der Waals surface area contributed by atoms with Crippen molar-refractivity contribution in [2.24, 2.45) is 0 Å². The summed E-state index contributed by atoms with van der Waals surface area (Å²) >= 11 is 2.19. The molecular formula is C20H18F3IN4. The fourth-order valence-electron chi connectivity index (χ4n) is 2.65. The summed E-state index contributed by atoms with van der Waals surface area (Å²) in [5.74, 6) is -0.0121. The average Bonchev–Trinajstić information content (AvgIpc) is 2.67. The van der Waals surface area contributed by atoms with Crippen LogP contribution in [0.2, 0.25) is 0 Å². The minimum Gasteiger partial charge on any atom is -0.329 e. The second-order valence-corrected chi connectivity index (χ2v) is 7.58. The highest BCUT2D eigenvalue weighted by Crippen LogP contribution is 2.38. The van der Waals surface area contributed by atoms with Crippen LogP contribution in [-0.2, 0) is 6.18 Å². The van der Waals surface area contributed by atoms with E-state index in [1.165, 1.54) is 4.90 Å². The van der Waals surface area contributed by atoms with Gasteiger partial charge in [-0.05, 0) is 65.9 Å². The molecule has 0 saturated carbocycles. The average molecular weight is 498 g/mol. The topological polar surface area (TPSA) is 32.3 Å². The van der Waals surface area contributed by atoms with Crippen LogP contribution in [0.15, 0.2) is 54.7 Å². The van der Waals surface area contributed by atoms with Gasteiger partial charge in [0.2, 0.25) is 5.95 Å². The van der Waals surface area contributed by atoms with Crippen molar-refractivity contribution in [3.8, 4) is 0 Å². The van der Waals surface area contributed by atoms with Crippen molar-refractivity contribution in [2.75, 3.05) is 23.9 Å². The van der Waals surface area contributed by atoms with E-state index in [9.17, 15) is 13.2 Å². The van der Waals surface area contributed by atoms with E-state index in [1.54, 1.807) is 31.1 Å². The second kappa shape index (κ2) is 7.94. The number of halogens is 4. The summed E-state index contributed by atoms with van der Waals surface area (Å²) in [7, 11) is 3.29. The number of aryl methyl sites for hydroxylation is 1. The van der Waals surface area contributed by atoms with Crippen LogP contribution >= 0.6 is 22.6 Å². The van der Waals surface area contributed by atoms with Crippen LogP contribution in [0.5, 0.6) is 0 Å². The lowest BCUT2D eigenvalue weighted by atomic mass is 10.2. The third-order valence-corrected chi connectivity index (χ3v) is 5.03. The Labute approximate surface area is 175 Å². The first-order valence-corrected chi connectivity index (χ1v) is 9.48. The predicted octanol–water partition coefficient (Wildman–Crippen LogP) is 5.94. The third kappa shape index (κ3) is 4.37. The zero-order valence-corrected chi connectivity index (χ0v) is 17.7. The molecule has 1 aromatic heterocycles. The molecule has 0 atom stereocenters. The van der Waals surface area contributed by atoms with Gasteiger partial charge < -0.3 is 9.80 Å². The maximum Gasteiger partial charge on any atom is 0.421 e. The lowest BCUT2D eigenvalue weighted by Crippen LogP contribution is -2.21. The van der Waals surface area contributed by atoms with Crippen LogP contribution in [-0.4, -0.2) is 24.1 Å². The van der Waals surface area contributed by atoms with Gasteiger partial charge in [-0.3, -0.25) is 0 Å². The number of benzene rings is 2. The summed E-state index contributed by atoms with van der Waals surface area (Å²) < 4.78 is 41.8. The molecule has 0 aliphatic heterocycles. The third-order valence-electron chi connectivity index (χ3n) is 4.31. The minimum absolute atomic E-state index is 0.183. The summed E-state index contributed by atoms with van der Waals surface area (Å²) in [4.78, 5) is 11.3.